The van der Waals surface area contributed by atoms with Crippen LogP contribution in [0.2, 0.25) is 0 Å². The molecule has 0 aliphatic heterocycles. The molecule has 0 saturated carbocycles. The Bertz CT molecular complexity index is 427. The second-order valence-corrected chi connectivity index (χ2v) is 5.44. The molecule has 0 aliphatic carbocycles. The summed E-state index contributed by atoms with van der Waals surface area (Å²) in [6, 6.07) is -0.607. The fraction of sp³-hybridized carbons (Fsp3) is 0.556. The van der Waals surface area contributed by atoms with Gasteiger partial charge in [0.25, 0.3) is 0 Å². The van der Waals surface area contributed by atoms with Crippen LogP contribution in [0.4, 0.5) is 5.13 Å². The first kappa shape index (κ1) is 18.1. The predicted molar refractivity (Wildman–Crippen MR) is 76.8 cm³/mol. The molecule has 0 bridgehead atoms. The summed E-state index contributed by atoms with van der Waals surface area (Å²) in [5.74, 6) is -0.462. The maximum absolute atomic E-state index is 11.3. The quantitative estimate of drug-likeness (QED) is 0.454. The summed E-state index contributed by atoms with van der Waals surface area (Å²) in [6.45, 7) is 3.67. The van der Waals surface area contributed by atoms with Crippen molar-refractivity contribution in [3.63, 3.8) is 0 Å². The molecular formula is C9H15ClN4O3S2. The van der Waals surface area contributed by atoms with E-state index >= 15 is 0 Å². The maximum atomic E-state index is 11.3. The highest BCUT2D eigenvalue weighted by molar-refractivity contribution is 8.01. The van der Waals surface area contributed by atoms with Crippen molar-refractivity contribution in [1.82, 2.24) is 10.2 Å². The molecule has 108 valence electrons. The van der Waals surface area contributed by atoms with Gasteiger partial charge in [-0.3, -0.25) is 14.9 Å². The molecule has 19 heavy (non-hydrogen) atoms. The highest BCUT2D eigenvalue weighted by Crippen LogP contribution is 2.25. The van der Waals surface area contributed by atoms with Crippen molar-refractivity contribution in [2.75, 3.05) is 17.7 Å². The first-order valence-corrected chi connectivity index (χ1v) is 7.01. The zero-order valence-corrected chi connectivity index (χ0v) is 12.9. The monoisotopic (exact) mass is 326 g/mol. The number of hydrogen-bond donors (Lipinski definition) is 2. The minimum Gasteiger partial charge on any atom is -0.465 e. The number of carbonyl (C=O) groups is 2. The van der Waals surface area contributed by atoms with Gasteiger partial charge in [-0.1, -0.05) is 23.1 Å². The van der Waals surface area contributed by atoms with Crippen molar-refractivity contribution >= 4 is 52.5 Å². The maximum Gasteiger partial charge on any atom is 0.316 e. The lowest BCUT2D eigenvalue weighted by molar-refractivity contribution is -0.139. The molecule has 10 heteroatoms. The number of halogens is 1. The Hall–Kier alpha value is -0.900. The highest BCUT2D eigenvalue weighted by atomic mass is 35.5. The molecule has 0 aromatic carbocycles. The van der Waals surface area contributed by atoms with E-state index < -0.39 is 6.04 Å². The third-order valence-corrected chi connectivity index (χ3v) is 3.61. The van der Waals surface area contributed by atoms with Crippen LogP contribution in [-0.4, -0.2) is 40.5 Å². The Morgan fingerprint density at radius 1 is 1.53 bits per heavy atom. The lowest BCUT2D eigenvalue weighted by atomic mass is 10.3. The van der Waals surface area contributed by atoms with Crippen molar-refractivity contribution in [2.45, 2.75) is 24.2 Å². The largest absolute Gasteiger partial charge is 0.465 e. The number of nitrogens with one attached hydrogen (secondary N) is 1. The van der Waals surface area contributed by atoms with Crippen LogP contribution in [-0.2, 0) is 14.3 Å². The molecule has 1 heterocycles. The fourth-order valence-electron chi connectivity index (χ4n) is 0.861. The summed E-state index contributed by atoms with van der Waals surface area (Å²) in [5, 5.41) is 10.5. The Kier molecular flexibility index (Phi) is 8.65. The first-order valence-electron chi connectivity index (χ1n) is 5.21. The van der Waals surface area contributed by atoms with E-state index in [1.807, 2.05) is 0 Å². The van der Waals surface area contributed by atoms with Gasteiger partial charge < -0.3 is 10.5 Å². The highest BCUT2D eigenvalue weighted by Gasteiger charge is 2.12. The summed E-state index contributed by atoms with van der Waals surface area (Å²) < 4.78 is 5.36. The van der Waals surface area contributed by atoms with Gasteiger partial charge in [0.1, 0.15) is 0 Å². The summed E-state index contributed by atoms with van der Waals surface area (Å²) >= 11 is 2.40. The number of ether oxygens (including phenoxy) is 1. The third kappa shape index (κ3) is 6.71. The van der Waals surface area contributed by atoms with E-state index in [4.69, 9.17) is 10.5 Å². The van der Waals surface area contributed by atoms with Gasteiger partial charge in [-0.15, -0.1) is 22.6 Å². The molecule has 0 saturated heterocycles. The smallest absolute Gasteiger partial charge is 0.316 e. The number of hydrogen-bond acceptors (Lipinski definition) is 8. The average Bonchev–Trinajstić information content (AvgIpc) is 2.74. The summed E-state index contributed by atoms with van der Waals surface area (Å²) in [6.07, 6.45) is 0. The molecule has 1 rings (SSSR count). The second-order valence-electron chi connectivity index (χ2n) is 3.24. The Labute approximate surface area is 125 Å². The predicted octanol–water partition coefficient (Wildman–Crippen LogP) is 0.901. The van der Waals surface area contributed by atoms with Gasteiger partial charge in [0, 0.05) is 0 Å². The molecule has 1 aromatic rings. The standard InChI is InChI=1S/C9H14N4O3S2.ClH/c1-3-16-6(14)4-17-9-13-12-8(18-9)11-7(15)5(2)10;/h5H,3-4,10H2,1-2H3,(H,11,12,15);1H. The van der Waals surface area contributed by atoms with E-state index in [2.05, 4.69) is 15.5 Å². The van der Waals surface area contributed by atoms with Gasteiger partial charge in [-0.25, -0.2) is 0 Å². The first-order chi connectivity index (χ1) is 8.52. The minimum atomic E-state index is -0.607. The van der Waals surface area contributed by atoms with Crippen molar-refractivity contribution in [3.8, 4) is 0 Å². The zero-order valence-electron chi connectivity index (χ0n) is 10.4. The molecular weight excluding hydrogens is 312 g/mol. The van der Waals surface area contributed by atoms with Gasteiger partial charge in [-0.2, -0.15) is 0 Å². The normalized spacial score (nSPS) is 11.3. The molecule has 3 N–H and O–H groups in total. The molecule has 1 unspecified atom stereocenters. The molecule has 0 fully saturated rings. The molecule has 0 radical (unpaired) electrons. The van der Waals surface area contributed by atoms with E-state index in [0.29, 0.717) is 16.1 Å². The van der Waals surface area contributed by atoms with Crippen LogP contribution in [0.15, 0.2) is 4.34 Å². The topological polar surface area (TPSA) is 107 Å². The number of carbonyl (C=O) groups excluding carboxylic acids is 2. The number of anilines is 1. The number of thioether (sulfide) groups is 1. The van der Waals surface area contributed by atoms with Crippen LogP contribution in [0, 0.1) is 0 Å². The summed E-state index contributed by atoms with van der Waals surface area (Å²) in [7, 11) is 0. The molecule has 0 aliphatic rings. The van der Waals surface area contributed by atoms with E-state index in [9.17, 15) is 9.59 Å². The van der Waals surface area contributed by atoms with E-state index in [-0.39, 0.29) is 30.0 Å². The average molecular weight is 327 g/mol. The third-order valence-electron chi connectivity index (χ3n) is 1.67. The van der Waals surface area contributed by atoms with Crippen molar-refractivity contribution in [2.24, 2.45) is 5.73 Å². The SMILES string of the molecule is CCOC(=O)CSc1nnc(NC(=O)C(C)N)s1.Cl. The van der Waals surface area contributed by atoms with Crippen molar-refractivity contribution in [1.29, 1.82) is 0 Å². The van der Waals surface area contributed by atoms with E-state index in [1.165, 1.54) is 23.1 Å². The van der Waals surface area contributed by atoms with Crippen LogP contribution < -0.4 is 11.1 Å². The van der Waals surface area contributed by atoms with Crippen molar-refractivity contribution < 1.29 is 14.3 Å². The number of aromatic nitrogens is 2. The van der Waals surface area contributed by atoms with Gasteiger partial charge >= 0.3 is 5.97 Å². The lowest BCUT2D eigenvalue weighted by Gasteiger charge is -2.02. The second kappa shape index (κ2) is 9.08. The lowest BCUT2D eigenvalue weighted by Crippen LogP contribution is -2.32. The zero-order chi connectivity index (χ0) is 13.5. The minimum absolute atomic E-state index is 0. The molecule has 0 spiro atoms. The van der Waals surface area contributed by atoms with Gasteiger partial charge in [0.2, 0.25) is 11.0 Å². The van der Waals surface area contributed by atoms with Crippen LogP contribution in [0.3, 0.4) is 0 Å². The van der Waals surface area contributed by atoms with Gasteiger partial charge in [-0.05, 0) is 13.8 Å². The molecule has 1 aromatic heterocycles. The number of rotatable bonds is 6. The summed E-state index contributed by atoms with van der Waals surface area (Å²) in [4.78, 5) is 22.4. The summed E-state index contributed by atoms with van der Waals surface area (Å²) in [5.41, 5.74) is 5.40. The van der Waals surface area contributed by atoms with Gasteiger partial charge in [0.05, 0.1) is 18.4 Å². The van der Waals surface area contributed by atoms with Crippen LogP contribution >= 0.6 is 35.5 Å². The van der Waals surface area contributed by atoms with Crippen molar-refractivity contribution in [3.05, 3.63) is 0 Å². The molecule has 1 atom stereocenters. The van der Waals surface area contributed by atoms with E-state index in [0.717, 1.165) is 0 Å². The number of nitrogens with two attached hydrogens (primary N) is 1. The molecule has 1 amide bonds. The van der Waals surface area contributed by atoms with Crippen LogP contribution in [0.5, 0.6) is 0 Å². The Morgan fingerprint density at radius 2 is 2.21 bits per heavy atom. The Morgan fingerprint density at radius 3 is 2.79 bits per heavy atom. The number of esters is 1. The van der Waals surface area contributed by atoms with Gasteiger partial charge in [0.15, 0.2) is 4.34 Å². The van der Waals surface area contributed by atoms with E-state index in [1.54, 1.807) is 13.8 Å². The molecule has 7 nitrogen and oxygen atoms in total. The van der Waals surface area contributed by atoms with Crippen LogP contribution in [0.25, 0.3) is 0 Å². The number of nitrogens with zero attached hydrogens (tertiary/aromatic N) is 2. The Balaban J connectivity index is 0.00000324. The number of amides is 1. The fourth-order valence-corrected chi connectivity index (χ4v) is 2.41. The van der Waals surface area contributed by atoms with Crippen LogP contribution in [0.1, 0.15) is 13.8 Å².